The first-order valence-electron chi connectivity index (χ1n) is 8.03. The van der Waals surface area contributed by atoms with Crippen molar-refractivity contribution in [2.24, 2.45) is 10.7 Å². The van der Waals surface area contributed by atoms with Gasteiger partial charge in [-0.2, -0.15) is 0 Å². The number of guanidine groups is 1. The standard InChI is InChI=1S/C19H24F2N4.HI/c1-12-8-13(2)10-14(9-12)24-19(22)23-11-17(25(3)4)18-15(20)6-5-7-16(18)21;/h5-10,17H,11H2,1-4H3,(H3,22,23,24);1H. The highest BCUT2D eigenvalue weighted by Gasteiger charge is 2.21. The van der Waals surface area contributed by atoms with Crippen LogP contribution in [0.2, 0.25) is 0 Å². The van der Waals surface area contributed by atoms with Crippen LogP contribution >= 0.6 is 24.0 Å². The van der Waals surface area contributed by atoms with E-state index in [2.05, 4.69) is 16.4 Å². The monoisotopic (exact) mass is 474 g/mol. The van der Waals surface area contributed by atoms with E-state index < -0.39 is 17.7 Å². The minimum atomic E-state index is -0.588. The zero-order valence-electron chi connectivity index (χ0n) is 15.4. The molecule has 4 nitrogen and oxygen atoms in total. The van der Waals surface area contributed by atoms with Crippen LogP contribution in [0.3, 0.4) is 0 Å². The molecule has 0 bridgehead atoms. The average Bonchev–Trinajstić information content (AvgIpc) is 2.48. The zero-order valence-corrected chi connectivity index (χ0v) is 17.7. The van der Waals surface area contributed by atoms with Gasteiger partial charge in [-0.15, -0.1) is 24.0 Å². The van der Waals surface area contributed by atoms with Gasteiger partial charge in [0.1, 0.15) is 11.6 Å². The molecule has 1 atom stereocenters. The molecule has 2 aromatic carbocycles. The third kappa shape index (κ3) is 5.91. The van der Waals surface area contributed by atoms with Gasteiger partial charge in [0.2, 0.25) is 0 Å². The predicted molar refractivity (Wildman–Crippen MR) is 114 cm³/mol. The van der Waals surface area contributed by atoms with Crippen LogP contribution in [0.15, 0.2) is 41.4 Å². The Morgan fingerprint density at radius 1 is 1.12 bits per heavy atom. The molecule has 2 aromatic rings. The van der Waals surface area contributed by atoms with Crippen molar-refractivity contribution < 1.29 is 8.78 Å². The number of aryl methyl sites for hydroxylation is 2. The number of hydrogen-bond donors (Lipinski definition) is 2. The van der Waals surface area contributed by atoms with Gasteiger partial charge in [-0.3, -0.25) is 4.99 Å². The Kier molecular flexibility index (Phi) is 8.42. The fourth-order valence-corrected chi connectivity index (χ4v) is 2.76. The predicted octanol–water partition coefficient (Wildman–Crippen LogP) is 4.23. The smallest absolute Gasteiger partial charge is 0.193 e. The lowest BCUT2D eigenvalue weighted by Crippen LogP contribution is -2.28. The van der Waals surface area contributed by atoms with E-state index in [-0.39, 0.29) is 42.0 Å². The van der Waals surface area contributed by atoms with Crippen molar-refractivity contribution in [1.29, 1.82) is 0 Å². The first-order valence-corrected chi connectivity index (χ1v) is 8.03. The minimum absolute atomic E-state index is 0. The van der Waals surface area contributed by atoms with Gasteiger partial charge in [0.05, 0.1) is 12.6 Å². The molecule has 3 N–H and O–H groups in total. The molecule has 26 heavy (non-hydrogen) atoms. The number of nitrogens with zero attached hydrogens (tertiary/aromatic N) is 2. The number of nitrogens with two attached hydrogens (primary N) is 1. The van der Waals surface area contributed by atoms with Gasteiger partial charge in [0, 0.05) is 11.3 Å². The molecule has 0 aliphatic heterocycles. The lowest BCUT2D eigenvalue weighted by atomic mass is 10.0. The number of anilines is 1. The van der Waals surface area contributed by atoms with E-state index in [0.29, 0.717) is 0 Å². The van der Waals surface area contributed by atoms with E-state index in [0.717, 1.165) is 16.8 Å². The number of nitrogens with one attached hydrogen (secondary N) is 1. The molecule has 0 aliphatic carbocycles. The summed E-state index contributed by atoms with van der Waals surface area (Å²) < 4.78 is 28.1. The molecule has 2 rings (SSSR count). The zero-order chi connectivity index (χ0) is 18.6. The average molecular weight is 474 g/mol. The first kappa shape index (κ1) is 22.3. The SMILES string of the molecule is Cc1cc(C)cc(NC(N)=NCC(c2c(F)cccc2F)N(C)C)c1.I. The van der Waals surface area contributed by atoms with Crippen molar-refractivity contribution in [2.75, 3.05) is 26.0 Å². The first-order chi connectivity index (χ1) is 11.8. The van der Waals surface area contributed by atoms with E-state index in [1.807, 2.05) is 26.0 Å². The second-order valence-electron chi connectivity index (χ2n) is 6.34. The Labute approximate surface area is 170 Å². The molecular formula is C19H25F2IN4. The summed E-state index contributed by atoms with van der Waals surface area (Å²) in [7, 11) is 3.50. The number of halogens is 3. The highest BCUT2D eigenvalue weighted by molar-refractivity contribution is 14.0. The van der Waals surface area contributed by atoms with Crippen LogP contribution < -0.4 is 11.1 Å². The summed E-state index contributed by atoms with van der Waals surface area (Å²) in [6.07, 6.45) is 0. The second-order valence-corrected chi connectivity index (χ2v) is 6.34. The number of rotatable bonds is 5. The Morgan fingerprint density at radius 3 is 2.15 bits per heavy atom. The highest BCUT2D eigenvalue weighted by Crippen LogP contribution is 2.24. The van der Waals surface area contributed by atoms with Gasteiger partial charge in [0.25, 0.3) is 0 Å². The molecule has 0 aromatic heterocycles. The van der Waals surface area contributed by atoms with Crippen molar-refractivity contribution in [3.8, 4) is 0 Å². The van der Waals surface area contributed by atoms with Crippen LogP contribution in [0, 0.1) is 25.5 Å². The summed E-state index contributed by atoms with van der Waals surface area (Å²) >= 11 is 0. The van der Waals surface area contributed by atoms with Gasteiger partial charge in [-0.25, -0.2) is 8.78 Å². The van der Waals surface area contributed by atoms with Crippen molar-refractivity contribution in [3.63, 3.8) is 0 Å². The Hall–Kier alpha value is -1.74. The number of hydrogen-bond acceptors (Lipinski definition) is 2. The Balaban J connectivity index is 0.00000338. The Morgan fingerprint density at radius 2 is 1.65 bits per heavy atom. The van der Waals surface area contributed by atoms with Crippen LogP contribution in [0.1, 0.15) is 22.7 Å². The van der Waals surface area contributed by atoms with Crippen LogP contribution in [0.25, 0.3) is 0 Å². The van der Waals surface area contributed by atoms with E-state index in [1.165, 1.54) is 18.2 Å². The maximum Gasteiger partial charge on any atom is 0.193 e. The molecule has 0 aliphatic rings. The molecule has 0 saturated heterocycles. The van der Waals surface area contributed by atoms with Crippen LogP contribution in [0.4, 0.5) is 14.5 Å². The van der Waals surface area contributed by atoms with Gasteiger partial charge < -0.3 is 16.0 Å². The van der Waals surface area contributed by atoms with Crippen LogP contribution in [-0.2, 0) is 0 Å². The lowest BCUT2D eigenvalue weighted by molar-refractivity contribution is 0.290. The molecular weight excluding hydrogens is 449 g/mol. The number of benzene rings is 2. The topological polar surface area (TPSA) is 53.6 Å². The van der Waals surface area contributed by atoms with Crippen LogP contribution in [-0.4, -0.2) is 31.5 Å². The molecule has 0 radical (unpaired) electrons. The fourth-order valence-electron chi connectivity index (χ4n) is 2.76. The fraction of sp³-hybridized carbons (Fsp3) is 0.316. The maximum atomic E-state index is 14.1. The summed E-state index contributed by atoms with van der Waals surface area (Å²) in [5, 5.41) is 3.02. The van der Waals surface area contributed by atoms with E-state index in [4.69, 9.17) is 5.73 Å². The van der Waals surface area contributed by atoms with Crippen molar-refractivity contribution in [2.45, 2.75) is 19.9 Å². The van der Waals surface area contributed by atoms with E-state index in [9.17, 15) is 8.78 Å². The molecule has 0 heterocycles. The third-order valence-electron chi connectivity index (χ3n) is 3.88. The van der Waals surface area contributed by atoms with Crippen molar-refractivity contribution >= 4 is 35.6 Å². The van der Waals surface area contributed by atoms with E-state index >= 15 is 0 Å². The normalized spacial score (nSPS) is 12.7. The van der Waals surface area contributed by atoms with E-state index in [1.54, 1.807) is 19.0 Å². The van der Waals surface area contributed by atoms with Gasteiger partial charge in [-0.05, 0) is 63.3 Å². The summed E-state index contributed by atoms with van der Waals surface area (Å²) in [5.74, 6) is -0.974. The highest BCUT2D eigenvalue weighted by atomic mass is 127. The molecule has 0 spiro atoms. The Bertz CT molecular complexity index is 738. The van der Waals surface area contributed by atoms with Gasteiger partial charge in [-0.1, -0.05) is 12.1 Å². The summed E-state index contributed by atoms with van der Waals surface area (Å²) in [6, 6.07) is 9.25. The van der Waals surface area contributed by atoms with Gasteiger partial charge in [0.15, 0.2) is 5.96 Å². The molecule has 1 unspecified atom stereocenters. The number of likely N-dealkylation sites (N-methyl/N-ethyl adjacent to an activating group) is 1. The minimum Gasteiger partial charge on any atom is -0.370 e. The third-order valence-corrected chi connectivity index (χ3v) is 3.88. The molecule has 142 valence electrons. The van der Waals surface area contributed by atoms with Gasteiger partial charge >= 0.3 is 0 Å². The number of aliphatic imine (C=N–C) groups is 1. The molecule has 0 saturated carbocycles. The molecule has 0 amide bonds. The largest absolute Gasteiger partial charge is 0.370 e. The summed E-state index contributed by atoms with van der Waals surface area (Å²) in [6.45, 7) is 4.12. The van der Waals surface area contributed by atoms with Crippen LogP contribution in [0.5, 0.6) is 0 Å². The lowest BCUT2D eigenvalue weighted by Gasteiger charge is -2.24. The summed E-state index contributed by atoms with van der Waals surface area (Å²) in [5.41, 5.74) is 8.98. The summed E-state index contributed by atoms with van der Waals surface area (Å²) in [4.78, 5) is 5.98. The van der Waals surface area contributed by atoms with Crippen molar-refractivity contribution in [1.82, 2.24) is 4.90 Å². The quantitative estimate of drug-likeness (QED) is 0.388. The molecule has 0 fully saturated rings. The van der Waals surface area contributed by atoms with Crippen molar-refractivity contribution in [3.05, 3.63) is 64.7 Å². The molecule has 7 heteroatoms. The maximum absolute atomic E-state index is 14.1. The second kappa shape index (κ2) is 9.82.